The highest BCUT2D eigenvalue weighted by Crippen LogP contribution is 2.00. The van der Waals surface area contributed by atoms with Gasteiger partial charge in [-0.3, -0.25) is 0 Å². The Morgan fingerprint density at radius 3 is 2.88 bits per heavy atom. The molecule has 2 rings (SSSR count). The Morgan fingerprint density at radius 1 is 1.31 bits per heavy atom. The average molecular weight is 216 g/mol. The van der Waals surface area contributed by atoms with Crippen LogP contribution in [0.15, 0.2) is 30.6 Å². The van der Waals surface area contributed by atoms with Crippen molar-refractivity contribution in [1.82, 2.24) is 19.9 Å². The largest absolute Gasteiger partial charge is 0.353 e. The maximum atomic E-state index is 4.33. The van der Waals surface area contributed by atoms with Crippen LogP contribution < -0.4 is 5.32 Å². The molecule has 0 atom stereocenters. The Labute approximate surface area is 95.4 Å². The van der Waals surface area contributed by atoms with Crippen LogP contribution in [0.5, 0.6) is 0 Å². The lowest BCUT2D eigenvalue weighted by atomic mass is 10.3. The Balaban J connectivity index is 1.87. The summed E-state index contributed by atoms with van der Waals surface area (Å²) in [4.78, 5) is 8.40. The molecule has 0 aliphatic rings. The number of nitrogens with one attached hydrogen (secondary N) is 1. The van der Waals surface area contributed by atoms with Crippen LogP contribution in [0.1, 0.15) is 17.2 Å². The lowest BCUT2D eigenvalue weighted by molar-refractivity contribution is 0.643. The van der Waals surface area contributed by atoms with Crippen LogP contribution >= 0.6 is 0 Å². The van der Waals surface area contributed by atoms with Gasteiger partial charge in [-0.1, -0.05) is 0 Å². The van der Waals surface area contributed by atoms with E-state index in [0.717, 1.165) is 24.6 Å². The molecule has 2 aromatic heterocycles. The van der Waals surface area contributed by atoms with Crippen molar-refractivity contribution in [3.8, 4) is 0 Å². The minimum Gasteiger partial charge on any atom is -0.353 e. The van der Waals surface area contributed by atoms with Gasteiger partial charge in [0.2, 0.25) is 0 Å². The summed E-state index contributed by atoms with van der Waals surface area (Å²) in [5, 5.41) is 3.36. The first-order valence-electron chi connectivity index (χ1n) is 5.35. The van der Waals surface area contributed by atoms with E-state index < -0.39 is 0 Å². The second-order valence-electron chi connectivity index (χ2n) is 3.81. The van der Waals surface area contributed by atoms with Crippen LogP contribution in [0.3, 0.4) is 0 Å². The molecule has 0 spiro atoms. The smallest absolute Gasteiger partial charge is 0.125 e. The van der Waals surface area contributed by atoms with E-state index in [4.69, 9.17) is 0 Å². The van der Waals surface area contributed by atoms with E-state index in [-0.39, 0.29) is 0 Å². The normalized spacial score (nSPS) is 10.6. The zero-order valence-electron chi connectivity index (χ0n) is 9.64. The van der Waals surface area contributed by atoms with Gasteiger partial charge in [-0.2, -0.15) is 0 Å². The fourth-order valence-electron chi connectivity index (χ4n) is 1.60. The molecule has 16 heavy (non-hydrogen) atoms. The molecule has 0 aliphatic carbocycles. The second kappa shape index (κ2) is 4.90. The third kappa shape index (κ3) is 2.67. The SMILES string of the molecule is Cc1nccc(CNCc2cccn2C)n1. The van der Waals surface area contributed by atoms with E-state index in [2.05, 4.69) is 25.9 Å². The molecule has 0 unspecified atom stereocenters. The predicted molar refractivity (Wildman–Crippen MR) is 62.7 cm³/mol. The van der Waals surface area contributed by atoms with Crippen LogP contribution in [0.2, 0.25) is 0 Å². The Kier molecular flexibility index (Phi) is 3.31. The van der Waals surface area contributed by atoms with E-state index in [0.29, 0.717) is 0 Å². The molecule has 4 nitrogen and oxygen atoms in total. The van der Waals surface area contributed by atoms with Gasteiger partial charge in [-0.05, 0) is 25.1 Å². The molecule has 0 saturated carbocycles. The van der Waals surface area contributed by atoms with E-state index in [1.54, 1.807) is 6.20 Å². The number of aryl methyl sites for hydroxylation is 2. The molecule has 0 radical (unpaired) electrons. The summed E-state index contributed by atoms with van der Waals surface area (Å²) in [5.74, 6) is 0.818. The molecule has 0 saturated heterocycles. The zero-order valence-corrected chi connectivity index (χ0v) is 9.64. The fraction of sp³-hybridized carbons (Fsp3) is 0.333. The fourth-order valence-corrected chi connectivity index (χ4v) is 1.60. The molecule has 0 aliphatic heterocycles. The summed E-state index contributed by atoms with van der Waals surface area (Å²) in [6.45, 7) is 3.53. The monoisotopic (exact) mass is 216 g/mol. The number of hydrogen-bond acceptors (Lipinski definition) is 3. The molecule has 0 aromatic carbocycles. The minimum atomic E-state index is 0.772. The molecule has 0 fully saturated rings. The second-order valence-corrected chi connectivity index (χ2v) is 3.81. The van der Waals surface area contributed by atoms with Crippen molar-refractivity contribution in [3.05, 3.63) is 47.8 Å². The van der Waals surface area contributed by atoms with Crippen molar-refractivity contribution >= 4 is 0 Å². The summed E-state index contributed by atoms with van der Waals surface area (Å²) in [6.07, 6.45) is 3.84. The lowest BCUT2D eigenvalue weighted by Gasteiger charge is -2.05. The van der Waals surface area contributed by atoms with Gasteiger partial charge >= 0.3 is 0 Å². The van der Waals surface area contributed by atoms with Gasteiger partial charge in [-0.15, -0.1) is 0 Å². The summed E-state index contributed by atoms with van der Waals surface area (Å²) in [7, 11) is 2.05. The quantitative estimate of drug-likeness (QED) is 0.840. The molecule has 0 bridgehead atoms. The Morgan fingerprint density at radius 2 is 2.19 bits per heavy atom. The molecular formula is C12H16N4. The van der Waals surface area contributed by atoms with Crippen LogP contribution in [0.4, 0.5) is 0 Å². The third-order valence-electron chi connectivity index (χ3n) is 2.50. The van der Waals surface area contributed by atoms with Crippen LogP contribution in [0, 0.1) is 6.92 Å². The predicted octanol–water partition coefficient (Wildman–Crippen LogP) is 1.41. The van der Waals surface area contributed by atoms with Crippen LogP contribution in [0.25, 0.3) is 0 Å². The maximum absolute atomic E-state index is 4.33. The first-order valence-corrected chi connectivity index (χ1v) is 5.35. The summed E-state index contributed by atoms with van der Waals surface area (Å²) in [5.41, 5.74) is 2.30. The zero-order chi connectivity index (χ0) is 11.4. The molecule has 0 amide bonds. The standard InChI is InChI=1S/C12H16N4/c1-10-14-6-5-11(15-10)8-13-9-12-4-3-7-16(12)2/h3-7,13H,8-9H2,1-2H3. The van der Waals surface area contributed by atoms with Crippen LogP contribution in [-0.2, 0) is 20.1 Å². The molecule has 1 N–H and O–H groups in total. The molecule has 2 aromatic rings. The highest BCUT2D eigenvalue weighted by Gasteiger charge is 1.98. The van der Waals surface area contributed by atoms with E-state index >= 15 is 0 Å². The van der Waals surface area contributed by atoms with Gasteiger partial charge in [0.05, 0.1) is 5.69 Å². The highest BCUT2D eigenvalue weighted by molar-refractivity contribution is 5.07. The number of aromatic nitrogens is 3. The molecule has 2 heterocycles. The third-order valence-corrected chi connectivity index (χ3v) is 2.50. The maximum Gasteiger partial charge on any atom is 0.125 e. The van der Waals surface area contributed by atoms with Gasteiger partial charge < -0.3 is 9.88 Å². The average Bonchev–Trinajstić information content (AvgIpc) is 2.65. The van der Waals surface area contributed by atoms with Crippen molar-refractivity contribution in [2.45, 2.75) is 20.0 Å². The summed E-state index contributed by atoms with van der Waals surface area (Å²) < 4.78 is 2.11. The summed E-state index contributed by atoms with van der Waals surface area (Å²) >= 11 is 0. The molecule has 84 valence electrons. The van der Waals surface area contributed by atoms with E-state index in [1.807, 2.05) is 32.3 Å². The van der Waals surface area contributed by atoms with Crippen molar-refractivity contribution in [2.24, 2.45) is 7.05 Å². The van der Waals surface area contributed by atoms with E-state index in [1.165, 1.54) is 5.69 Å². The number of rotatable bonds is 4. The van der Waals surface area contributed by atoms with Gasteiger partial charge in [0.1, 0.15) is 5.82 Å². The molecule has 4 heteroatoms. The minimum absolute atomic E-state index is 0.772. The first-order chi connectivity index (χ1) is 7.75. The van der Waals surface area contributed by atoms with Gasteiger partial charge in [0, 0.05) is 38.2 Å². The van der Waals surface area contributed by atoms with Gasteiger partial charge in [0.15, 0.2) is 0 Å². The van der Waals surface area contributed by atoms with Crippen molar-refractivity contribution < 1.29 is 0 Å². The van der Waals surface area contributed by atoms with Gasteiger partial charge in [0.25, 0.3) is 0 Å². The Hall–Kier alpha value is -1.68. The topological polar surface area (TPSA) is 42.7 Å². The van der Waals surface area contributed by atoms with E-state index in [9.17, 15) is 0 Å². The first kappa shape index (κ1) is 10.8. The van der Waals surface area contributed by atoms with Gasteiger partial charge in [-0.25, -0.2) is 9.97 Å². The lowest BCUT2D eigenvalue weighted by Crippen LogP contribution is -2.15. The molecular weight excluding hydrogens is 200 g/mol. The van der Waals surface area contributed by atoms with Crippen LogP contribution in [-0.4, -0.2) is 14.5 Å². The van der Waals surface area contributed by atoms with Crippen molar-refractivity contribution in [2.75, 3.05) is 0 Å². The Bertz CT molecular complexity index is 462. The number of hydrogen-bond donors (Lipinski definition) is 1. The highest BCUT2D eigenvalue weighted by atomic mass is 15.0. The van der Waals surface area contributed by atoms with Crippen molar-refractivity contribution in [1.29, 1.82) is 0 Å². The van der Waals surface area contributed by atoms with Crippen molar-refractivity contribution in [3.63, 3.8) is 0 Å². The summed E-state index contributed by atoms with van der Waals surface area (Å²) in [6, 6.07) is 6.09. The number of nitrogens with zero attached hydrogens (tertiary/aromatic N) is 3.